The number of carboxylic acids is 1. The van der Waals surface area contributed by atoms with Gasteiger partial charge in [-0.1, -0.05) is 136 Å². The van der Waals surface area contributed by atoms with E-state index >= 15 is 0 Å². The molecular formula is C47H78KNO9. The van der Waals surface area contributed by atoms with Crippen molar-refractivity contribution in [2.75, 3.05) is 20.3 Å². The molecule has 11 heteroatoms. The quantitative estimate of drug-likeness (QED) is 0.0803. The van der Waals surface area contributed by atoms with Crippen molar-refractivity contribution in [2.45, 2.75) is 154 Å². The van der Waals surface area contributed by atoms with E-state index in [1.807, 2.05) is 92.6 Å². The first kappa shape index (κ1) is 62.1. The predicted molar refractivity (Wildman–Crippen MR) is 229 cm³/mol. The number of carboxylic acid groups (broad SMARTS) is 1. The van der Waals surface area contributed by atoms with Crippen molar-refractivity contribution in [3.8, 4) is 0 Å². The zero-order valence-corrected chi connectivity index (χ0v) is 42.3. The molecule has 2 unspecified atom stereocenters. The molecule has 58 heavy (non-hydrogen) atoms. The van der Waals surface area contributed by atoms with Crippen LogP contribution in [0.2, 0.25) is 0 Å². The van der Waals surface area contributed by atoms with Crippen molar-refractivity contribution in [3.05, 3.63) is 71.8 Å². The van der Waals surface area contributed by atoms with Gasteiger partial charge in [0.15, 0.2) is 0 Å². The van der Waals surface area contributed by atoms with E-state index in [1.165, 1.54) is 19.1 Å². The Kier molecular flexibility index (Phi) is 37.7. The third-order valence-electron chi connectivity index (χ3n) is 9.90. The molecule has 0 saturated heterocycles. The maximum Gasteiger partial charge on any atom is 1.00 e. The van der Waals surface area contributed by atoms with Gasteiger partial charge in [0.2, 0.25) is 5.91 Å². The average molecular weight is 840 g/mol. The summed E-state index contributed by atoms with van der Waals surface area (Å²) < 4.78 is 14.8. The number of aliphatic carboxylic acids is 1. The number of hydrogen-bond acceptors (Lipinski definition) is 9. The molecule has 0 aliphatic rings. The van der Waals surface area contributed by atoms with E-state index in [-0.39, 0.29) is 91.9 Å². The molecule has 1 amide bonds. The third kappa shape index (κ3) is 30.5. The van der Waals surface area contributed by atoms with E-state index < -0.39 is 17.9 Å². The Hall–Kier alpha value is -2.57. The molecule has 0 spiro atoms. The van der Waals surface area contributed by atoms with Crippen molar-refractivity contribution in [3.63, 3.8) is 0 Å². The number of rotatable bonds is 17. The molecule has 0 bridgehead atoms. The Morgan fingerprint density at radius 1 is 0.672 bits per heavy atom. The maximum atomic E-state index is 11.6. The molecule has 0 aliphatic heterocycles. The maximum absolute atomic E-state index is 11.6. The van der Waals surface area contributed by atoms with Crippen LogP contribution in [0.25, 0.3) is 0 Å². The largest absolute Gasteiger partial charge is 1.00 e. The van der Waals surface area contributed by atoms with Crippen molar-refractivity contribution in [2.24, 2.45) is 22.2 Å². The van der Waals surface area contributed by atoms with E-state index in [4.69, 9.17) is 9.47 Å². The van der Waals surface area contributed by atoms with Crippen molar-refractivity contribution in [1.29, 1.82) is 0 Å². The monoisotopic (exact) mass is 840 g/mol. The standard InChI is InChI=1S/C13H18O2.C10H14.C9H18O2.C8H15NO3.C7H14O2.K/c1-4-13(2,3)12(14)15-10-11-8-6-5-7-9-11;1-3-9(2)10-7-5-4-6-8-10;1-4-6-7-11-9(10)8(3)5-2;1-4-8(2,3)7(12)9-5-6(10)11;1-5-7(2,3)6(8)9-4;/h5-9H,4,10H2,1-3H3;4-9H,3H2,1-2H3;8H,4-7H2,1-3H3;4-5H2,1-3H3,(H,9,12)(H,10,11);5H2,1-4H3;/q;;;;;+1/p-1. The molecule has 0 aliphatic carbocycles. The van der Waals surface area contributed by atoms with Crippen LogP contribution in [0.1, 0.15) is 159 Å². The van der Waals surface area contributed by atoms with Crippen LogP contribution in [0.3, 0.4) is 0 Å². The first-order valence-corrected chi connectivity index (χ1v) is 20.6. The van der Waals surface area contributed by atoms with Crippen LogP contribution in [0.4, 0.5) is 0 Å². The molecule has 1 N–H and O–H groups in total. The SMILES string of the molecule is CCC(C)(C)C(=O)NCC(=O)[O-].CCC(C)(C)C(=O)OC.CCC(C)(C)C(=O)OCc1ccccc1.CCC(C)c1ccccc1.CCCCOC(=O)C(C)CC.[K+]. The Bertz CT molecular complexity index is 1380. The molecule has 2 aromatic carbocycles. The number of carbonyl (C=O) groups is 5. The fourth-order valence-electron chi connectivity index (χ4n) is 3.68. The van der Waals surface area contributed by atoms with Gasteiger partial charge in [-0.2, -0.15) is 0 Å². The average Bonchev–Trinajstić information content (AvgIpc) is 3.22. The van der Waals surface area contributed by atoms with Crippen LogP contribution in [-0.4, -0.2) is 50.0 Å². The molecule has 2 rings (SSSR count). The number of methoxy groups -OCH3 is 1. The molecule has 2 aromatic rings. The fourth-order valence-corrected chi connectivity index (χ4v) is 3.68. The van der Waals surface area contributed by atoms with E-state index in [9.17, 15) is 29.1 Å². The van der Waals surface area contributed by atoms with Gasteiger partial charge in [-0.3, -0.25) is 19.2 Å². The Morgan fingerprint density at radius 3 is 1.52 bits per heavy atom. The first-order valence-electron chi connectivity index (χ1n) is 20.6. The summed E-state index contributed by atoms with van der Waals surface area (Å²) in [6, 6.07) is 20.4. The van der Waals surface area contributed by atoms with E-state index in [0.717, 1.165) is 37.7 Å². The van der Waals surface area contributed by atoms with Gasteiger partial charge in [0.1, 0.15) is 6.61 Å². The number of nitrogens with one attached hydrogen (secondary N) is 1. The topological polar surface area (TPSA) is 148 Å². The van der Waals surface area contributed by atoms with Crippen LogP contribution in [0.15, 0.2) is 60.7 Å². The minimum absolute atomic E-state index is 0. The zero-order chi connectivity index (χ0) is 44.7. The number of benzene rings is 2. The molecular weight excluding hydrogens is 762 g/mol. The minimum atomic E-state index is -1.27. The fraction of sp³-hybridized carbons (Fsp3) is 0.638. The van der Waals surface area contributed by atoms with Gasteiger partial charge in [-0.25, -0.2) is 0 Å². The number of amides is 1. The van der Waals surface area contributed by atoms with Crippen LogP contribution < -0.4 is 61.8 Å². The number of esters is 3. The smallest absolute Gasteiger partial charge is 0.548 e. The number of hydrogen-bond donors (Lipinski definition) is 1. The molecule has 2 atom stereocenters. The van der Waals surface area contributed by atoms with Crippen LogP contribution >= 0.6 is 0 Å². The van der Waals surface area contributed by atoms with Crippen LogP contribution in [-0.2, 0) is 44.8 Å². The number of carbonyl (C=O) groups excluding carboxylic acids is 5. The molecule has 10 nitrogen and oxygen atoms in total. The molecule has 0 heterocycles. The summed E-state index contributed by atoms with van der Waals surface area (Å²) in [5.74, 6) is -1.07. The third-order valence-corrected chi connectivity index (χ3v) is 9.90. The number of unbranched alkanes of at least 4 members (excludes halogenated alkanes) is 1. The number of ether oxygens (including phenoxy) is 3. The molecule has 326 valence electrons. The van der Waals surface area contributed by atoms with Gasteiger partial charge in [-0.05, 0) is 83.3 Å². The summed E-state index contributed by atoms with van der Waals surface area (Å²) in [6.45, 7) is 27.9. The first-order chi connectivity index (χ1) is 26.6. The summed E-state index contributed by atoms with van der Waals surface area (Å²) >= 11 is 0. The van der Waals surface area contributed by atoms with Crippen LogP contribution in [0, 0.1) is 22.2 Å². The minimum Gasteiger partial charge on any atom is -0.548 e. The Balaban J connectivity index is -0.000000317. The van der Waals surface area contributed by atoms with Gasteiger partial charge < -0.3 is 29.4 Å². The van der Waals surface area contributed by atoms with Gasteiger partial charge in [0.05, 0.1) is 43.0 Å². The molecule has 0 fully saturated rings. The summed E-state index contributed by atoms with van der Waals surface area (Å²) in [5, 5.41) is 12.3. The van der Waals surface area contributed by atoms with E-state index in [0.29, 0.717) is 25.6 Å². The summed E-state index contributed by atoms with van der Waals surface area (Å²) in [7, 11) is 1.42. The molecule has 0 radical (unpaired) electrons. The molecule has 0 aromatic heterocycles. The van der Waals surface area contributed by atoms with Crippen molar-refractivity contribution >= 4 is 29.8 Å². The van der Waals surface area contributed by atoms with Crippen LogP contribution in [0.5, 0.6) is 0 Å². The second-order valence-corrected chi connectivity index (χ2v) is 15.9. The summed E-state index contributed by atoms with van der Waals surface area (Å²) in [6.07, 6.45) is 6.43. The second-order valence-electron chi connectivity index (χ2n) is 15.9. The van der Waals surface area contributed by atoms with E-state index in [1.54, 1.807) is 13.8 Å². The van der Waals surface area contributed by atoms with Gasteiger partial charge in [0.25, 0.3) is 0 Å². The Morgan fingerprint density at radius 2 is 1.14 bits per heavy atom. The van der Waals surface area contributed by atoms with Gasteiger partial charge in [-0.15, -0.1) is 0 Å². The van der Waals surface area contributed by atoms with Gasteiger partial charge in [0, 0.05) is 5.41 Å². The predicted octanol–water partition coefficient (Wildman–Crippen LogP) is 6.63. The summed E-state index contributed by atoms with van der Waals surface area (Å²) in [5.41, 5.74) is 1.28. The normalized spacial score (nSPS) is 11.5. The second kappa shape index (κ2) is 35.2. The Labute approximate surface area is 395 Å². The van der Waals surface area contributed by atoms with Gasteiger partial charge >= 0.3 is 69.3 Å². The zero-order valence-electron chi connectivity index (χ0n) is 39.2. The summed E-state index contributed by atoms with van der Waals surface area (Å²) in [4.78, 5) is 54.7. The van der Waals surface area contributed by atoms with E-state index in [2.05, 4.69) is 61.2 Å². The molecule has 0 saturated carbocycles. The van der Waals surface area contributed by atoms with Crippen molar-refractivity contribution in [1.82, 2.24) is 5.32 Å². The van der Waals surface area contributed by atoms with Crippen molar-refractivity contribution < 1.29 is 94.7 Å².